The molecule has 3 saturated carbocycles. The Balaban J connectivity index is 1.96. The van der Waals surface area contributed by atoms with Crippen LogP contribution in [0.2, 0.25) is 0 Å². The first-order valence-electron chi connectivity index (χ1n) is 5.08. The van der Waals surface area contributed by atoms with Gasteiger partial charge in [-0.2, -0.15) is 0 Å². The zero-order valence-corrected chi connectivity index (χ0v) is 8.05. The third-order valence-electron chi connectivity index (χ3n) is 4.34. The third-order valence-corrected chi connectivity index (χ3v) is 4.34. The van der Waals surface area contributed by atoms with Crippen LogP contribution in [0.5, 0.6) is 0 Å². The van der Waals surface area contributed by atoms with Gasteiger partial charge in [-0.25, -0.2) is 0 Å². The molecule has 3 rings (SSSR count). The number of aldehydes is 1. The second-order valence-electron chi connectivity index (χ2n) is 5.19. The van der Waals surface area contributed by atoms with Gasteiger partial charge < -0.3 is 4.79 Å². The molecule has 0 aromatic heterocycles. The largest absolute Gasteiger partial charge is 0.303 e. The highest BCUT2D eigenvalue weighted by Gasteiger charge is 2.52. The van der Waals surface area contributed by atoms with E-state index in [1.807, 2.05) is 0 Å². The van der Waals surface area contributed by atoms with E-state index in [-0.39, 0.29) is 0 Å². The maximum Gasteiger partial charge on any atom is 0.120 e. The minimum atomic E-state index is 0.597. The molecule has 1 nitrogen and oxygen atoms in total. The van der Waals surface area contributed by atoms with Crippen molar-refractivity contribution < 1.29 is 4.79 Å². The lowest BCUT2D eigenvalue weighted by Crippen LogP contribution is -2.50. The molecule has 3 aliphatic carbocycles. The van der Waals surface area contributed by atoms with E-state index in [1.54, 1.807) is 0 Å². The zero-order valence-electron chi connectivity index (χ0n) is 8.05. The summed E-state index contributed by atoms with van der Waals surface area (Å²) in [6.45, 7) is 4.78. The first-order valence-corrected chi connectivity index (χ1v) is 5.08. The van der Waals surface area contributed by atoms with Crippen LogP contribution in [0, 0.1) is 23.2 Å². The average molecular weight is 166 g/mol. The summed E-state index contributed by atoms with van der Waals surface area (Å²) in [6.07, 6.45) is 5.96. The maximum atomic E-state index is 10.4. The molecule has 0 aromatic rings. The summed E-state index contributed by atoms with van der Waals surface area (Å²) in [4.78, 5) is 10.4. The van der Waals surface area contributed by atoms with E-state index in [4.69, 9.17) is 0 Å². The lowest BCUT2D eigenvalue weighted by atomic mass is 9.46. The van der Waals surface area contributed by atoms with Crippen LogP contribution in [0.1, 0.15) is 39.5 Å². The van der Waals surface area contributed by atoms with E-state index in [1.165, 1.54) is 19.3 Å². The van der Waals surface area contributed by atoms with Crippen LogP contribution in [0.15, 0.2) is 0 Å². The van der Waals surface area contributed by atoms with E-state index in [0.29, 0.717) is 5.41 Å². The van der Waals surface area contributed by atoms with Crippen molar-refractivity contribution in [2.45, 2.75) is 39.5 Å². The molecule has 1 heteroatoms. The Hall–Kier alpha value is -0.330. The molecule has 0 saturated heterocycles. The van der Waals surface area contributed by atoms with Crippen molar-refractivity contribution in [2.24, 2.45) is 23.2 Å². The van der Waals surface area contributed by atoms with Crippen molar-refractivity contribution in [1.29, 1.82) is 0 Å². The molecule has 3 fully saturated rings. The Morgan fingerprint density at radius 1 is 1.25 bits per heavy atom. The number of carbonyl (C=O) groups excluding carboxylic acids is 1. The van der Waals surface area contributed by atoms with E-state index < -0.39 is 0 Å². The smallest absolute Gasteiger partial charge is 0.120 e. The Morgan fingerprint density at radius 3 is 2.25 bits per heavy atom. The van der Waals surface area contributed by atoms with Crippen molar-refractivity contribution in [3.63, 3.8) is 0 Å². The van der Waals surface area contributed by atoms with E-state index in [2.05, 4.69) is 13.8 Å². The van der Waals surface area contributed by atoms with Crippen molar-refractivity contribution in [1.82, 2.24) is 0 Å². The summed E-state index contributed by atoms with van der Waals surface area (Å²) in [7, 11) is 0. The van der Waals surface area contributed by atoms with Crippen LogP contribution in [0.3, 0.4) is 0 Å². The minimum Gasteiger partial charge on any atom is -0.303 e. The molecule has 2 bridgehead atoms. The summed E-state index contributed by atoms with van der Waals surface area (Å²) in [5.74, 6) is 2.56. The van der Waals surface area contributed by atoms with Gasteiger partial charge in [-0.3, -0.25) is 0 Å². The molecule has 0 spiro atoms. The molecule has 3 atom stereocenters. The zero-order chi connectivity index (χ0) is 8.77. The number of rotatable bonds is 2. The predicted molar refractivity (Wildman–Crippen MR) is 48.8 cm³/mol. The summed E-state index contributed by atoms with van der Waals surface area (Å²) < 4.78 is 0. The van der Waals surface area contributed by atoms with Gasteiger partial charge in [0.2, 0.25) is 0 Å². The van der Waals surface area contributed by atoms with Gasteiger partial charge in [-0.05, 0) is 42.4 Å². The summed E-state index contributed by atoms with van der Waals surface area (Å²) in [5.41, 5.74) is 0.597. The monoisotopic (exact) mass is 166 g/mol. The van der Waals surface area contributed by atoms with Crippen LogP contribution < -0.4 is 0 Å². The van der Waals surface area contributed by atoms with Crippen LogP contribution in [0.4, 0.5) is 0 Å². The van der Waals surface area contributed by atoms with Gasteiger partial charge in [0, 0.05) is 6.42 Å². The van der Waals surface area contributed by atoms with Crippen molar-refractivity contribution >= 4 is 6.29 Å². The third kappa shape index (κ3) is 1.02. The first-order chi connectivity index (χ1) is 5.64. The molecule has 0 aromatic carbocycles. The second-order valence-corrected chi connectivity index (χ2v) is 5.19. The Kier molecular flexibility index (Phi) is 1.78. The Labute approximate surface area is 74.5 Å². The number of hydrogen-bond acceptors (Lipinski definition) is 1. The summed E-state index contributed by atoms with van der Waals surface area (Å²) >= 11 is 0. The molecular weight excluding hydrogens is 148 g/mol. The molecule has 0 N–H and O–H groups in total. The average Bonchev–Trinajstić information content (AvgIpc) is 2.05. The highest BCUT2D eigenvalue weighted by Crippen LogP contribution is 2.60. The lowest BCUT2D eigenvalue weighted by Gasteiger charge is -2.58. The summed E-state index contributed by atoms with van der Waals surface area (Å²) in [6, 6.07) is 0. The number of fused-ring (bicyclic) bond motifs is 2. The fraction of sp³-hybridized carbons (Fsp3) is 0.909. The molecule has 0 heterocycles. The van der Waals surface area contributed by atoms with Crippen LogP contribution in [-0.4, -0.2) is 6.29 Å². The van der Waals surface area contributed by atoms with Gasteiger partial charge in [0.1, 0.15) is 6.29 Å². The van der Waals surface area contributed by atoms with Crippen LogP contribution in [0.25, 0.3) is 0 Å². The number of carbonyl (C=O) groups is 1. The van der Waals surface area contributed by atoms with E-state index in [0.717, 1.165) is 30.5 Å². The van der Waals surface area contributed by atoms with Gasteiger partial charge in [-0.15, -0.1) is 0 Å². The van der Waals surface area contributed by atoms with Gasteiger partial charge in [0.05, 0.1) is 0 Å². The highest BCUT2D eigenvalue weighted by atomic mass is 16.1. The summed E-state index contributed by atoms with van der Waals surface area (Å²) in [5, 5.41) is 0. The van der Waals surface area contributed by atoms with Crippen molar-refractivity contribution in [2.75, 3.05) is 0 Å². The predicted octanol–water partition coefficient (Wildman–Crippen LogP) is 2.65. The quantitative estimate of drug-likeness (QED) is 0.576. The highest BCUT2D eigenvalue weighted by molar-refractivity contribution is 5.49. The Morgan fingerprint density at radius 2 is 1.83 bits per heavy atom. The fourth-order valence-corrected chi connectivity index (χ4v) is 3.15. The molecule has 3 aliphatic rings. The standard InChI is InChI=1S/C11H18O/c1-11(2)9-5-8(3-4-12)6-10(11)7-9/h4,8-10H,3,5-7H2,1-2H3/t8?,9-,10+. The van der Waals surface area contributed by atoms with Gasteiger partial charge in [0.15, 0.2) is 0 Å². The SMILES string of the molecule is CC1(C)[C@@H]2CC(CC=O)C[C@H]1C2. The molecule has 0 radical (unpaired) electrons. The second kappa shape index (κ2) is 2.58. The molecule has 68 valence electrons. The fourth-order valence-electron chi connectivity index (χ4n) is 3.15. The van der Waals surface area contributed by atoms with Crippen molar-refractivity contribution in [3.8, 4) is 0 Å². The topological polar surface area (TPSA) is 17.1 Å². The van der Waals surface area contributed by atoms with E-state index in [9.17, 15) is 4.79 Å². The first kappa shape index (κ1) is 8.28. The van der Waals surface area contributed by atoms with Crippen LogP contribution in [-0.2, 0) is 4.79 Å². The molecule has 0 amide bonds. The lowest BCUT2D eigenvalue weighted by molar-refractivity contribution is -0.115. The molecule has 12 heavy (non-hydrogen) atoms. The molecule has 1 unspecified atom stereocenters. The normalized spacial score (nSPS) is 43.3. The van der Waals surface area contributed by atoms with Gasteiger partial charge >= 0.3 is 0 Å². The molecular formula is C11H18O. The van der Waals surface area contributed by atoms with Gasteiger partial charge in [-0.1, -0.05) is 13.8 Å². The Bertz CT molecular complexity index is 181. The number of hydrogen-bond donors (Lipinski definition) is 0. The maximum absolute atomic E-state index is 10.4. The van der Waals surface area contributed by atoms with E-state index >= 15 is 0 Å². The molecule has 0 aliphatic heterocycles. The van der Waals surface area contributed by atoms with Gasteiger partial charge in [0.25, 0.3) is 0 Å². The minimum absolute atomic E-state index is 0.597. The van der Waals surface area contributed by atoms with Crippen molar-refractivity contribution in [3.05, 3.63) is 0 Å². The van der Waals surface area contributed by atoms with Crippen LogP contribution >= 0.6 is 0 Å².